The summed E-state index contributed by atoms with van der Waals surface area (Å²) in [5.41, 5.74) is 5.87. The van der Waals surface area contributed by atoms with Gasteiger partial charge in [-0.05, 0) is 0 Å². The van der Waals surface area contributed by atoms with E-state index in [9.17, 15) is 9.59 Å². The first kappa shape index (κ1) is 12.1. The van der Waals surface area contributed by atoms with Gasteiger partial charge in [-0.3, -0.25) is 4.79 Å². The van der Waals surface area contributed by atoms with Crippen molar-refractivity contribution >= 4 is 11.8 Å². The Balaban J connectivity index is 2.67. The van der Waals surface area contributed by atoms with E-state index in [-0.39, 0.29) is 6.61 Å². The lowest BCUT2D eigenvalue weighted by Crippen LogP contribution is -2.40. The zero-order valence-electron chi connectivity index (χ0n) is 8.76. The van der Waals surface area contributed by atoms with Crippen LogP contribution in [0.4, 0.5) is 0 Å². The molecule has 0 aliphatic heterocycles. The monoisotopic (exact) mass is 219 g/mol. The van der Waals surface area contributed by atoms with Crippen molar-refractivity contribution in [3.8, 4) is 0 Å². The molecule has 1 aromatic rings. The molecule has 0 fully saturated rings. The highest BCUT2D eigenvalue weighted by molar-refractivity contribution is 6.11. The lowest BCUT2D eigenvalue weighted by Gasteiger charge is -2.09. The van der Waals surface area contributed by atoms with Crippen molar-refractivity contribution < 1.29 is 14.3 Å². The number of Topliss-reactive ketones (excluding diaryl/α,β-unsaturated/α-hetero) is 1. The predicted molar refractivity (Wildman–Crippen MR) is 59.9 cm³/mol. The van der Waals surface area contributed by atoms with Gasteiger partial charge in [0.25, 0.3) is 0 Å². The van der Waals surface area contributed by atoms with Gasteiger partial charge in [0.1, 0.15) is 6.61 Å². The van der Waals surface area contributed by atoms with E-state index in [1.807, 2.05) is 0 Å². The number of carbonyl (C=O) groups excluding carboxylic acids is 2. The second-order valence-corrected chi connectivity index (χ2v) is 3.13. The maximum absolute atomic E-state index is 11.7. The van der Waals surface area contributed by atoms with E-state index in [2.05, 4.69) is 6.58 Å². The fourth-order valence-corrected chi connectivity index (χ4v) is 1.12. The van der Waals surface area contributed by atoms with Crippen LogP contribution in [-0.4, -0.2) is 24.4 Å². The molecular weight excluding hydrogens is 206 g/mol. The van der Waals surface area contributed by atoms with Crippen LogP contribution in [0.2, 0.25) is 0 Å². The summed E-state index contributed by atoms with van der Waals surface area (Å²) in [6, 6.07) is 7.11. The van der Waals surface area contributed by atoms with Gasteiger partial charge < -0.3 is 10.5 Å². The van der Waals surface area contributed by atoms with Crippen LogP contribution < -0.4 is 5.73 Å². The number of ketones is 1. The summed E-state index contributed by atoms with van der Waals surface area (Å²) in [5.74, 6) is -1.19. The Morgan fingerprint density at radius 3 is 2.56 bits per heavy atom. The van der Waals surface area contributed by atoms with E-state index in [0.717, 1.165) is 0 Å². The zero-order valence-corrected chi connectivity index (χ0v) is 8.76. The van der Waals surface area contributed by atoms with E-state index in [1.165, 1.54) is 6.08 Å². The molecule has 0 spiro atoms. The third-order valence-electron chi connectivity index (χ3n) is 1.94. The van der Waals surface area contributed by atoms with Crippen LogP contribution in [0.25, 0.3) is 0 Å². The summed E-state index contributed by atoms with van der Waals surface area (Å²) in [7, 11) is 0. The third kappa shape index (κ3) is 3.03. The third-order valence-corrected chi connectivity index (χ3v) is 1.94. The number of benzene rings is 1. The summed E-state index contributed by atoms with van der Waals surface area (Å²) in [6.07, 6.45) is 1.41. The standard InChI is InChI=1S/C12H13NO3/c1-2-8-16-12(15)10(13)11(14)9-6-4-3-5-7-9/h2-7,10H,1,8,13H2. The average Bonchev–Trinajstić information content (AvgIpc) is 2.35. The number of rotatable bonds is 5. The highest BCUT2D eigenvalue weighted by Crippen LogP contribution is 2.03. The molecule has 1 aromatic carbocycles. The Bertz CT molecular complexity index is 387. The summed E-state index contributed by atoms with van der Waals surface area (Å²) in [5, 5.41) is 0. The molecule has 0 amide bonds. The minimum absolute atomic E-state index is 0.0502. The second-order valence-electron chi connectivity index (χ2n) is 3.13. The molecule has 2 N–H and O–H groups in total. The SMILES string of the molecule is C=CCOC(=O)C(N)C(=O)c1ccccc1. The summed E-state index contributed by atoms with van der Waals surface area (Å²) < 4.78 is 4.69. The lowest BCUT2D eigenvalue weighted by molar-refractivity contribution is -0.142. The molecule has 0 radical (unpaired) electrons. The van der Waals surface area contributed by atoms with E-state index in [0.29, 0.717) is 5.56 Å². The molecule has 0 saturated heterocycles. The number of hydrogen-bond acceptors (Lipinski definition) is 4. The minimum Gasteiger partial charge on any atom is -0.460 e. The van der Waals surface area contributed by atoms with Gasteiger partial charge in [0.05, 0.1) is 0 Å². The van der Waals surface area contributed by atoms with Crippen LogP contribution in [-0.2, 0) is 9.53 Å². The van der Waals surface area contributed by atoms with Gasteiger partial charge >= 0.3 is 5.97 Å². The second kappa shape index (κ2) is 5.82. The van der Waals surface area contributed by atoms with E-state index < -0.39 is 17.8 Å². The number of esters is 1. The predicted octanol–water partition coefficient (Wildman–Crippen LogP) is 0.926. The molecule has 0 saturated carbocycles. The maximum Gasteiger partial charge on any atom is 0.331 e. The number of nitrogens with two attached hydrogens (primary N) is 1. The van der Waals surface area contributed by atoms with Gasteiger partial charge in [0.2, 0.25) is 0 Å². The first-order chi connectivity index (χ1) is 7.66. The van der Waals surface area contributed by atoms with Gasteiger partial charge in [0.15, 0.2) is 11.8 Å². The molecular formula is C12H13NO3. The van der Waals surface area contributed by atoms with Crippen molar-refractivity contribution in [2.45, 2.75) is 6.04 Å². The molecule has 0 heterocycles. The van der Waals surface area contributed by atoms with Crippen LogP contribution in [0.5, 0.6) is 0 Å². The molecule has 4 heteroatoms. The van der Waals surface area contributed by atoms with Crippen LogP contribution in [0.15, 0.2) is 43.0 Å². The minimum atomic E-state index is -1.28. The normalized spacial score (nSPS) is 11.6. The fraction of sp³-hybridized carbons (Fsp3) is 0.167. The molecule has 84 valence electrons. The molecule has 1 unspecified atom stereocenters. The molecule has 0 aromatic heterocycles. The lowest BCUT2D eigenvalue weighted by atomic mass is 10.1. The molecule has 4 nitrogen and oxygen atoms in total. The molecule has 1 atom stereocenters. The largest absolute Gasteiger partial charge is 0.460 e. The van der Waals surface area contributed by atoms with Crippen molar-refractivity contribution in [1.29, 1.82) is 0 Å². The van der Waals surface area contributed by atoms with Crippen molar-refractivity contribution in [1.82, 2.24) is 0 Å². The zero-order chi connectivity index (χ0) is 12.0. The first-order valence-electron chi connectivity index (χ1n) is 4.79. The number of ether oxygens (including phenoxy) is 1. The van der Waals surface area contributed by atoms with Crippen LogP contribution in [0.1, 0.15) is 10.4 Å². The Kier molecular flexibility index (Phi) is 4.42. The van der Waals surface area contributed by atoms with Gasteiger partial charge in [-0.2, -0.15) is 0 Å². The van der Waals surface area contributed by atoms with Gasteiger partial charge in [-0.1, -0.05) is 43.0 Å². The molecule has 0 aliphatic carbocycles. The summed E-state index contributed by atoms with van der Waals surface area (Å²) in [4.78, 5) is 23.0. The van der Waals surface area contributed by atoms with Gasteiger partial charge in [0, 0.05) is 5.56 Å². The fourth-order valence-electron chi connectivity index (χ4n) is 1.12. The van der Waals surface area contributed by atoms with E-state index >= 15 is 0 Å². The smallest absolute Gasteiger partial charge is 0.331 e. The van der Waals surface area contributed by atoms with E-state index in [4.69, 9.17) is 10.5 Å². The van der Waals surface area contributed by atoms with E-state index in [1.54, 1.807) is 30.3 Å². The van der Waals surface area contributed by atoms with Crippen molar-refractivity contribution in [3.05, 3.63) is 48.6 Å². The van der Waals surface area contributed by atoms with Gasteiger partial charge in [-0.15, -0.1) is 0 Å². The summed E-state index contributed by atoms with van der Waals surface area (Å²) >= 11 is 0. The Hall–Kier alpha value is -1.94. The Labute approximate surface area is 93.7 Å². The van der Waals surface area contributed by atoms with Crippen molar-refractivity contribution in [3.63, 3.8) is 0 Å². The molecule has 1 rings (SSSR count). The molecule has 16 heavy (non-hydrogen) atoms. The highest BCUT2D eigenvalue weighted by atomic mass is 16.5. The van der Waals surface area contributed by atoms with Crippen LogP contribution in [0, 0.1) is 0 Å². The van der Waals surface area contributed by atoms with Gasteiger partial charge in [-0.25, -0.2) is 4.79 Å². The number of hydrogen-bond donors (Lipinski definition) is 1. The molecule has 0 aliphatic rings. The highest BCUT2D eigenvalue weighted by Gasteiger charge is 2.24. The van der Waals surface area contributed by atoms with Crippen LogP contribution >= 0.6 is 0 Å². The topological polar surface area (TPSA) is 69.4 Å². The first-order valence-corrected chi connectivity index (χ1v) is 4.79. The maximum atomic E-state index is 11.7. The Morgan fingerprint density at radius 1 is 1.38 bits per heavy atom. The van der Waals surface area contributed by atoms with Crippen LogP contribution in [0.3, 0.4) is 0 Å². The Morgan fingerprint density at radius 2 is 2.00 bits per heavy atom. The summed E-state index contributed by atoms with van der Waals surface area (Å²) in [6.45, 7) is 3.44. The average molecular weight is 219 g/mol. The van der Waals surface area contributed by atoms with Crippen molar-refractivity contribution in [2.75, 3.05) is 6.61 Å². The van der Waals surface area contributed by atoms with Crippen molar-refractivity contribution in [2.24, 2.45) is 5.73 Å². The molecule has 0 bridgehead atoms. The quantitative estimate of drug-likeness (QED) is 0.346. The number of carbonyl (C=O) groups is 2.